The lowest BCUT2D eigenvalue weighted by Crippen LogP contribution is -2.12. The fourth-order valence-corrected chi connectivity index (χ4v) is 1.40. The Balaban J connectivity index is 1.99. The molecule has 0 saturated carbocycles. The van der Waals surface area contributed by atoms with Crippen LogP contribution in [-0.2, 0) is 11.4 Å². The summed E-state index contributed by atoms with van der Waals surface area (Å²) >= 11 is 0. The molecule has 0 bridgehead atoms. The highest BCUT2D eigenvalue weighted by Gasteiger charge is 2.16. The second-order valence-electron chi connectivity index (χ2n) is 4.06. The molecule has 0 radical (unpaired) electrons. The minimum absolute atomic E-state index is 0.0780. The molecule has 2 aromatic rings. The quantitative estimate of drug-likeness (QED) is 0.348. The molecule has 0 amide bonds. The van der Waals surface area contributed by atoms with Gasteiger partial charge in [0.1, 0.15) is 12.4 Å². The monoisotopic (exact) mass is 308 g/mol. The van der Waals surface area contributed by atoms with Crippen LogP contribution in [0.25, 0.3) is 0 Å². The van der Waals surface area contributed by atoms with Gasteiger partial charge in [-0.05, 0) is 24.0 Å². The maximum atomic E-state index is 13.3. The van der Waals surface area contributed by atoms with Crippen LogP contribution in [0.4, 0.5) is 10.3 Å². The van der Waals surface area contributed by atoms with Gasteiger partial charge in [-0.15, -0.1) is 0 Å². The number of aromatic nitrogens is 4. The first-order chi connectivity index (χ1) is 10.5. The molecule has 10 nitrogen and oxygen atoms in total. The zero-order valence-corrected chi connectivity index (χ0v) is 11.2. The summed E-state index contributed by atoms with van der Waals surface area (Å²) in [5.74, 6) is -2.35. The SMILES string of the molecule is C/C(Cn1nnc([N+](=O)[O-])n1)=N/OC(=O)c1ccccc1F. The van der Waals surface area contributed by atoms with Crippen LogP contribution in [0.1, 0.15) is 17.3 Å². The van der Waals surface area contributed by atoms with E-state index in [0.29, 0.717) is 0 Å². The standard InChI is InChI=1S/C11H9FN6O4/c1-7(6-17-14-11(13-16-17)18(20)21)15-22-10(19)8-4-2-3-5-9(8)12/h2-5H,6H2,1H3/b15-7-. The van der Waals surface area contributed by atoms with E-state index >= 15 is 0 Å². The molecule has 0 aliphatic rings. The van der Waals surface area contributed by atoms with Gasteiger partial charge in [0, 0.05) is 5.21 Å². The van der Waals surface area contributed by atoms with Crippen LogP contribution in [0.2, 0.25) is 0 Å². The summed E-state index contributed by atoms with van der Waals surface area (Å²) in [5, 5.41) is 24.0. The van der Waals surface area contributed by atoms with E-state index in [2.05, 4.69) is 25.4 Å². The normalized spacial score (nSPS) is 11.3. The van der Waals surface area contributed by atoms with Gasteiger partial charge in [-0.2, -0.15) is 0 Å². The molecule has 1 heterocycles. The molecule has 22 heavy (non-hydrogen) atoms. The maximum Gasteiger partial charge on any atom is 0.514 e. The second kappa shape index (κ2) is 6.47. The van der Waals surface area contributed by atoms with E-state index in [9.17, 15) is 19.3 Å². The third-order valence-corrected chi connectivity index (χ3v) is 2.35. The third-order valence-electron chi connectivity index (χ3n) is 2.35. The van der Waals surface area contributed by atoms with Crippen molar-refractivity contribution in [1.82, 2.24) is 20.2 Å². The van der Waals surface area contributed by atoms with Crippen molar-refractivity contribution < 1.29 is 18.9 Å². The predicted octanol–water partition coefficient (Wildman–Crippen LogP) is 0.953. The van der Waals surface area contributed by atoms with Crippen LogP contribution < -0.4 is 0 Å². The van der Waals surface area contributed by atoms with Gasteiger partial charge >= 0.3 is 11.9 Å². The Morgan fingerprint density at radius 1 is 1.50 bits per heavy atom. The molecule has 11 heteroatoms. The largest absolute Gasteiger partial charge is 0.514 e. The smallest absolute Gasteiger partial charge is 0.390 e. The Bertz CT molecular complexity index is 744. The van der Waals surface area contributed by atoms with Crippen LogP contribution in [-0.4, -0.2) is 36.8 Å². The average molecular weight is 308 g/mol. The Labute approximate surface area is 122 Å². The molecule has 0 N–H and O–H groups in total. The van der Waals surface area contributed by atoms with Crippen molar-refractivity contribution in [2.75, 3.05) is 0 Å². The number of carbonyl (C=O) groups excluding carboxylic acids is 1. The number of rotatable bonds is 5. The summed E-state index contributed by atoms with van der Waals surface area (Å²) < 4.78 is 13.3. The van der Waals surface area contributed by atoms with Crippen molar-refractivity contribution in [2.45, 2.75) is 13.5 Å². The molecule has 0 aliphatic carbocycles. The van der Waals surface area contributed by atoms with Crippen molar-refractivity contribution in [2.24, 2.45) is 5.16 Å². The van der Waals surface area contributed by atoms with E-state index in [1.807, 2.05) is 0 Å². The molecule has 2 rings (SSSR count). The minimum atomic E-state index is -0.963. The number of oxime groups is 1. The zero-order valence-electron chi connectivity index (χ0n) is 11.2. The van der Waals surface area contributed by atoms with Gasteiger partial charge < -0.3 is 15.0 Å². The Morgan fingerprint density at radius 2 is 2.23 bits per heavy atom. The van der Waals surface area contributed by atoms with Crippen LogP contribution in [0.5, 0.6) is 0 Å². The van der Waals surface area contributed by atoms with Gasteiger partial charge in [0.2, 0.25) is 0 Å². The summed E-state index contributed by atoms with van der Waals surface area (Å²) in [6.07, 6.45) is 0. The molecule has 0 fully saturated rings. The molecule has 114 valence electrons. The second-order valence-corrected chi connectivity index (χ2v) is 4.06. The Kier molecular flexibility index (Phi) is 4.46. The van der Waals surface area contributed by atoms with Crippen LogP contribution in [0.15, 0.2) is 29.4 Å². The van der Waals surface area contributed by atoms with Crippen molar-refractivity contribution in [3.63, 3.8) is 0 Å². The molecule has 0 aliphatic heterocycles. The number of nitro groups is 1. The highest BCUT2D eigenvalue weighted by molar-refractivity contribution is 5.90. The summed E-state index contributed by atoms with van der Waals surface area (Å²) in [6.45, 7) is 1.40. The minimum Gasteiger partial charge on any atom is -0.390 e. The number of hydrogen-bond donors (Lipinski definition) is 0. The van der Waals surface area contributed by atoms with E-state index in [0.717, 1.165) is 10.9 Å². The first-order valence-corrected chi connectivity index (χ1v) is 5.89. The molecule has 1 aromatic heterocycles. The fraction of sp³-hybridized carbons (Fsp3) is 0.182. The molecular weight excluding hydrogens is 299 g/mol. The highest BCUT2D eigenvalue weighted by atomic mass is 19.1. The lowest BCUT2D eigenvalue weighted by molar-refractivity contribution is -0.394. The number of tetrazole rings is 1. The van der Waals surface area contributed by atoms with Gasteiger partial charge in [-0.3, -0.25) is 0 Å². The highest BCUT2D eigenvalue weighted by Crippen LogP contribution is 2.08. The number of hydrogen-bond acceptors (Lipinski definition) is 8. The Morgan fingerprint density at radius 3 is 2.86 bits per heavy atom. The number of halogens is 1. The van der Waals surface area contributed by atoms with Crippen molar-refractivity contribution >= 4 is 17.6 Å². The molecule has 0 saturated heterocycles. The summed E-state index contributed by atoms with van der Waals surface area (Å²) in [4.78, 5) is 26.7. The first-order valence-electron chi connectivity index (χ1n) is 5.89. The lowest BCUT2D eigenvalue weighted by Gasteiger charge is -2.00. The van der Waals surface area contributed by atoms with Gasteiger partial charge in [0.15, 0.2) is 0 Å². The van der Waals surface area contributed by atoms with Crippen LogP contribution in [0.3, 0.4) is 0 Å². The maximum absolute atomic E-state index is 13.3. The number of benzene rings is 1. The average Bonchev–Trinajstić information content (AvgIpc) is 2.94. The van der Waals surface area contributed by atoms with Crippen molar-refractivity contribution in [3.8, 4) is 0 Å². The van der Waals surface area contributed by atoms with Gasteiger partial charge in [0.25, 0.3) is 0 Å². The van der Waals surface area contributed by atoms with Crippen LogP contribution >= 0.6 is 0 Å². The van der Waals surface area contributed by atoms with Gasteiger partial charge in [0.05, 0.1) is 21.5 Å². The first kappa shape index (κ1) is 15.2. The molecule has 0 spiro atoms. The van der Waals surface area contributed by atoms with E-state index in [1.54, 1.807) is 0 Å². The lowest BCUT2D eigenvalue weighted by atomic mass is 10.2. The topological polar surface area (TPSA) is 125 Å². The summed E-state index contributed by atoms with van der Waals surface area (Å²) in [7, 11) is 0. The van der Waals surface area contributed by atoms with E-state index < -0.39 is 22.7 Å². The third kappa shape index (κ3) is 3.65. The summed E-state index contributed by atoms with van der Waals surface area (Å²) in [6, 6.07) is 5.29. The van der Waals surface area contributed by atoms with Crippen molar-refractivity contribution in [1.29, 1.82) is 0 Å². The van der Waals surface area contributed by atoms with E-state index in [-0.39, 0.29) is 17.8 Å². The van der Waals surface area contributed by atoms with Crippen molar-refractivity contribution in [3.05, 3.63) is 45.8 Å². The van der Waals surface area contributed by atoms with Gasteiger partial charge in [-0.1, -0.05) is 22.1 Å². The fourth-order valence-electron chi connectivity index (χ4n) is 1.40. The predicted molar refractivity (Wildman–Crippen MR) is 69.4 cm³/mol. The molecular formula is C11H9FN6O4. The Hall–Kier alpha value is -3.24. The van der Waals surface area contributed by atoms with Gasteiger partial charge in [-0.25, -0.2) is 9.18 Å². The van der Waals surface area contributed by atoms with Crippen LogP contribution in [0, 0.1) is 15.9 Å². The zero-order chi connectivity index (χ0) is 16.1. The molecule has 1 aromatic carbocycles. The number of carbonyl (C=O) groups is 1. The van der Waals surface area contributed by atoms with E-state index in [4.69, 9.17) is 0 Å². The summed E-state index contributed by atoms with van der Waals surface area (Å²) in [5.41, 5.74) is -0.0226. The molecule has 0 unspecified atom stereocenters. The van der Waals surface area contributed by atoms with E-state index in [1.165, 1.54) is 25.1 Å². The molecule has 0 atom stereocenters. The number of nitrogens with zero attached hydrogens (tertiary/aromatic N) is 6.